The largest absolute Gasteiger partial charge is 0.488 e. The van der Waals surface area contributed by atoms with Gasteiger partial charge >= 0.3 is 0 Å². The van der Waals surface area contributed by atoms with Gasteiger partial charge in [0, 0.05) is 32.2 Å². The molecular formula is C39H41N3O5. The molecule has 0 radical (unpaired) electrons. The third-order valence-corrected chi connectivity index (χ3v) is 8.26. The minimum atomic E-state index is -0.292. The highest BCUT2D eigenvalue weighted by atomic mass is 16.5. The predicted molar refractivity (Wildman–Crippen MR) is 182 cm³/mol. The first kappa shape index (κ1) is 32.0. The molecular weight excluding hydrogens is 590 g/mol. The van der Waals surface area contributed by atoms with E-state index >= 15 is 0 Å². The molecule has 8 heteroatoms. The van der Waals surface area contributed by atoms with Gasteiger partial charge in [-0.2, -0.15) is 0 Å². The number of rotatable bonds is 13. The second kappa shape index (κ2) is 15.6. The van der Waals surface area contributed by atoms with E-state index in [0.717, 1.165) is 67.3 Å². The van der Waals surface area contributed by atoms with Crippen LogP contribution in [0.4, 0.5) is 0 Å². The van der Waals surface area contributed by atoms with Gasteiger partial charge < -0.3 is 24.1 Å². The van der Waals surface area contributed by atoms with E-state index in [0.29, 0.717) is 42.4 Å². The number of morpholine rings is 1. The maximum atomic E-state index is 13.3. The molecule has 1 saturated heterocycles. The lowest BCUT2D eigenvalue weighted by Crippen LogP contribution is -2.35. The monoisotopic (exact) mass is 631 g/mol. The fraction of sp³-hybridized carbons (Fsp3) is 0.282. The Labute approximate surface area is 276 Å². The zero-order valence-electron chi connectivity index (χ0n) is 27.0. The van der Waals surface area contributed by atoms with Crippen LogP contribution >= 0.6 is 0 Å². The number of carbonyl (C=O) groups is 1. The summed E-state index contributed by atoms with van der Waals surface area (Å²) in [6, 6.07) is 32.4. The van der Waals surface area contributed by atoms with Crippen LogP contribution in [-0.2, 0) is 30.9 Å². The molecule has 1 aromatic heterocycles. The van der Waals surface area contributed by atoms with Crippen molar-refractivity contribution in [2.75, 3.05) is 32.8 Å². The highest BCUT2D eigenvalue weighted by molar-refractivity contribution is 6.02. The van der Waals surface area contributed by atoms with E-state index in [1.165, 1.54) is 5.56 Å². The van der Waals surface area contributed by atoms with Gasteiger partial charge in [0.25, 0.3) is 5.91 Å². The Bertz CT molecular complexity index is 1750. The van der Waals surface area contributed by atoms with Gasteiger partial charge in [-0.05, 0) is 47.2 Å². The molecule has 5 aromatic rings. The molecule has 1 fully saturated rings. The Kier molecular flexibility index (Phi) is 10.6. The Morgan fingerprint density at radius 3 is 2.06 bits per heavy atom. The molecule has 1 aliphatic rings. The van der Waals surface area contributed by atoms with Crippen LogP contribution in [0.3, 0.4) is 0 Å². The standard InChI is InChI=1S/C39H41N3O5/c1-3-31-23-33(35(46-27-30-13-9-6-10-14-30)24-34(31)45-26-29-11-7-5-8-12-29)38-36(37(41-47-38)39(43)40-4-2)32-17-15-28(16-18-32)25-42-19-21-44-22-20-42/h5-18,23-24H,3-4,19-22,25-27H2,1-2H3,(H,40,43). The van der Waals surface area contributed by atoms with Crippen molar-refractivity contribution in [2.24, 2.45) is 0 Å². The van der Waals surface area contributed by atoms with Crippen LogP contribution in [0.1, 0.15) is 46.6 Å². The summed E-state index contributed by atoms with van der Waals surface area (Å²) in [5.74, 6) is 1.50. The lowest BCUT2D eigenvalue weighted by molar-refractivity contribution is 0.0342. The fourth-order valence-electron chi connectivity index (χ4n) is 5.72. The van der Waals surface area contributed by atoms with E-state index in [4.69, 9.17) is 18.7 Å². The lowest BCUT2D eigenvalue weighted by atomic mass is 9.96. The fourth-order valence-corrected chi connectivity index (χ4v) is 5.72. The number of aromatic nitrogens is 1. The normalized spacial score (nSPS) is 13.3. The van der Waals surface area contributed by atoms with Crippen LogP contribution < -0.4 is 14.8 Å². The van der Waals surface area contributed by atoms with Crippen molar-refractivity contribution in [3.63, 3.8) is 0 Å². The topological polar surface area (TPSA) is 86.1 Å². The number of benzene rings is 4. The third-order valence-electron chi connectivity index (χ3n) is 8.26. The zero-order valence-corrected chi connectivity index (χ0v) is 27.0. The molecule has 242 valence electrons. The second-order valence-corrected chi connectivity index (χ2v) is 11.5. The van der Waals surface area contributed by atoms with E-state index in [-0.39, 0.29) is 11.6 Å². The van der Waals surface area contributed by atoms with Crippen molar-refractivity contribution in [2.45, 2.75) is 40.0 Å². The third kappa shape index (κ3) is 7.91. The summed E-state index contributed by atoms with van der Waals surface area (Å²) in [6.45, 7) is 9.39. The Morgan fingerprint density at radius 1 is 0.809 bits per heavy atom. The van der Waals surface area contributed by atoms with Gasteiger partial charge in [0.2, 0.25) is 0 Å². The van der Waals surface area contributed by atoms with Gasteiger partial charge in [-0.3, -0.25) is 9.69 Å². The molecule has 2 heterocycles. The van der Waals surface area contributed by atoms with E-state index in [9.17, 15) is 4.79 Å². The summed E-state index contributed by atoms with van der Waals surface area (Å²) in [5, 5.41) is 7.22. The number of carbonyl (C=O) groups excluding carboxylic acids is 1. The lowest BCUT2D eigenvalue weighted by Gasteiger charge is -2.26. The summed E-state index contributed by atoms with van der Waals surface area (Å²) < 4.78 is 24.4. The van der Waals surface area contributed by atoms with Gasteiger partial charge in [0.15, 0.2) is 11.5 Å². The molecule has 0 bridgehead atoms. The first-order chi connectivity index (χ1) is 23.1. The van der Waals surface area contributed by atoms with Crippen molar-refractivity contribution >= 4 is 5.91 Å². The maximum Gasteiger partial charge on any atom is 0.274 e. The number of ether oxygens (including phenoxy) is 3. The average Bonchev–Trinajstić information content (AvgIpc) is 3.57. The zero-order chi connectivity index (χ0) is 32.4. The van der Waals surface area contributed by atoms with E-state index < -0.39 is 0 Å². The maximum absolute atomic E-state index is 13.3. The molecule has 1 aliphatic heterocycles. The number of amides is 1. The number of nitrogens with zero attached hydrogens (tertiary/aromatic N) is 2. The Morgan fingerprint density at radius 2 is 1.45 bits per heavy atom. The molecule has 8 nitrogen and oxygen atoms in total. The van der Waals surface area contributed by atoms with Crippen molar-refractivity contribution in [1.29, 1.82) is 0 Å². The molecule has 0 aliphatic carbocycles. The van der Waals surface area contributed by atoms with Crippen LogP contribution in [-0.4, -0.2) is 48.8 Å². The summed E-state index contributed by atoms with van der Waals surface area (Å²) in [7, 11) is 0. The summed E-state index contributed by atoms with van der Waals surface area (Å²) in [5.41, 5.74) is 6.69. The van der Waals surface area contributed by atoms with Gasteiger partial charge in [-0.15, -0.1) is 0 Å². The molecule has 0 atom stereocenters. The summed E-state index contributed by atoms with van der Waals surface area (Å²) in [4.78, 5) is 15.7. The second-order valence-electron chi connectivity index (χ2n) is 11.5. The van der Waals surface area contributed by atoms with E-state index in [2.05, 4.69) is 34.4 Å². The van der Waals surface area contributed by atoms with Crippen LogP contribution in [0.15, 0.2) is 102 Å². The number of hydrogen-bond acceptors (Lipinski definition) is 7. The number of hydrogen-bond donors (Lipinski definition) is 1. The van der Waals surface area contributed by atoms with Crippen molar-refractivity contribution < 1.29 is 23.5 Å². The molecule has 47 heavy (non-hydrogen) atoms. The molecule has 1 amide bonds. The van der Waals surface area contributed by atoms with Crippen LogP contribution in [0.2, 0.25) is 0 Å². The SMILES string of the molecule is CCNC(=O)c1noc(-c2cc(CC)c(OCc3ccccc3)cc2OCc2ccccc2)c1-c1ccc(CN2CCOCC2)cc1. The van der Waals surface area contributed by atoms with Crippen molar-refractivity contribution in [1.82, 2.24) is 15.4 Å². The molecule has 0 saturated carbocycles. The van der Waals surface area contributed by atoms with Crippen LogP contribution in [0.25, 0.3) is 22.5 Å². The highest BCUT2D eigenvalue weighted by Crippen LogP contribution is 2.43. The van der Waals surface area contributed by atoms with Gasteiger partial charge in [0.05, 0.1) is 24.3 Å². The Balaban J connectivity index is 1.40. The van der Waals surface area contributed by atoms with Crippen LogP contribution in [0.5, 0.6) is 11.5 Å². The van der Waals surface area contributed by atoms with Gasteiger partial charge in [0.1, 0.15) is 24.7 Å². The first-order valence-electron chi connectivity index (χ1n) is 16.3. The minimum absolute atomic E-state index is 0.235. The average molecular weight is 632 g/mol. The highest BCUT2D eigenvalue weighted by Gasteiger charge is 2.27. The predicted octanol–water partition coefficient (Wildman–Crippen LogP) is 7.31. The van der Waals surface area contributed by atoms with E-state index in [1.807, 2.05) is 91.9 Å². The molecule has 0 spiro atoms. The molecule has 4 aromatic carbocycles. The first-order valence-corrected chi connectivity index (χ1v) is 16.3. The summed E-state index contributed by atoms with van der Waals surface area (Å²) in [6.07, 6.45) is 0.721. The van der Waals surface area contributed by atoms with Crippen molar-refractivity contribution in [3.05, 3.63) is 125 Å². The summed E-state index contributed by atoms with van der Waals surface area (Å²) >= 11 is 0. The number of nitrogens with one attached hydrogen (secondary N) is 1. The quantitative estimate of drug-likeness (QED) is 0.146. The Hall–Kier alpha value is -4.92. The van der Waals surface area contributed by atoms with Gasteiger partial charge in [-0.1, -0.05) is 97.0 Å². The van der Waals surface area contributed by atoms with E-state index in [1.54, 1.807) is 0 Å². The minimum Gasteiger partial charge on any atom is -0.488 e. The van der Waals surface area contributed by atoms with Gasteiger partial charge in [-0.25, -0.2) is 0 Å². The van der Waals surface area contributed by atoms with Crippen molar-refractivity contribution in [3.8, 4) is 33.9 Å². The number of aryl methyl sites for hydroxylation is 1. The van der Waals surface area contributed by atoms with Crippen LogP contribution in [0, 0.1) is 0 Å². The molecule has 1 N–H and O–H groups in total. The molecule has 0 unspecified atom stereocenters. The molecule has 6 rings (SSSR count). The smallest absolute Gasteiger partial charge is 0.274 e.